The van der Waals surface area contributed by atoms with E-state index in [4.69, 9.17) is 19.4 Å². The van der Waals surface area contributed by atoms with Crippen molar-refractivity contribution in [2.45, 2.75) is 0 Å². The third-order valence-corrected chi connectivity index (χ3v) is 9.57. The van der Waals surface area contributed by atoms with Crippen LogP contribution in [0.2, 0.25) is 0 Å². The molecule has 0 spiro atoms. The van der Waals surface area contributed by atoms with E-state index in [0.29, 0.717) is 5.95 Å². The zero-order valence-corrected chi connectivity index (χ0v) is 24.9. The van der Waals surface area contributed by atoms with Crippen molar-refractivity contribution >= 4 is 82.1 Å². The molecule has 0 radical (unpaired) electrons. The summed E-state index contributed by atoms with van der Waals surface area (Å²) in [6.45, 7) is 0. The van der Waals surface area contributed by atoms with Crippen LogP contribution in [0, 0.1) is 0 Å². The maximum absolute atomic E-state index is 6.52. The Morgan fingerprint density at radius 1 is 0.532 bits per heavy atom. The normalized spacial score (nSPS) is 12.3. The number of benzene rings is 6. The highest BCUT2D eigenvalue weighted by Crippen LogP contribution is 2.41. The maximum atomic E-state index is 6.52. The van der Waals surface area contributed by atoms with Crippen molar-refractivity contribution in [3.05, 3.63) is 140 Å². The van der Waals surface area contributed by atoms with E-state index >= 15 is 0 Å². The number of fused-ring (bicyclic) bond motifs is 9. The second-order valence-electron chi connectivity index (χ2n) is 12.0. The van der Waals surface area contributed by atoms with Gasteiger partial charge in [0.05, 0.1) is 33.3 Å². The highest BCUT2D eigenvalue weighted by molar-refractivity contribution is 6.23. The van der Waals surface area contributed by atoms with E-state index in [1.54, 1.807) is 0 Å². The largest absolute Gasteiger partial charge is 0.455 e. The molecule has 0 fully saturated rings. The van der Waals surface area contributed by atoms with E-state index in [2.05, 4.69) is 106 Å². The summed E-state index contributed by atoms with van der Waals surface area (Å²) < 4.78 is 11.0. The number of aromatic nitrogens is 5. The van der Waals surface area contributed by atoms with Crippen molar-refractivity contribution < 1.29 is 4.42 Å². The average molecular weight is 602 g/mol. The van der Waals surface area contributed by atoms with Gasteiger partial charge in [0.25, 0.3) is 0 Å². The van der Waals surface area contributed by atoms with Gasteiger partial charge in [-0.2, -0.15) is 0 Å². The van der Waals surface area contributed by atoms with Gasteiger partial charge >= 0.3 is 0 Å². The topological polar surface area (TPSA) is 61.2 Å². The summed E-state index contributed by atoms with van der Waals surface area (Å²) in [5.41, 5.74) is 9.26. The van der Waals surface area contributed by atoms with Crippen LogP contribution in [0.1, 0.15) is 0 Å². The van der Waals surface area contributed by atoms with E-state index in [1.165, 1.54) is 10.8 Å². The van der Waals surface area contributed by atoms with Crippen LogP contribution >= 0.6 is 0 Å². The van der Waals surface area contributed by atoms with E-state index < -0.39 is 0 Å². The molecule has 0 saturated carbocycles. The number of furan rings is 1. The predicted molar refractivity (Wildman–Crippen MR) is 190 cm³/mol. The molecule has 0 atom stereocenters. The van der Waals surface area contributed by atoms with E-state index in [9.17, 15) is 0 Å². The highest BCUT2D eigenvalue weighted by atomic mass is 16.3. The molecule has 6 nitrogen and oxygen atoms in total. The molecular formula is C41H23N5O. The molecule has 0 N–H and O–H groups in total. The Morgan fingerprint density at radius 2 is 1.30 bits per heavy atom. The van der Waals surface area contributed by atoms with E-state index in [0.717, 1.165) is 82.6 Å². The van der Waals surface area contributed by atoms with Gasteiger partial charge in [-0.15, -0.1) is 0 Å². The quantitative estimate of drug-likeness (QED) is 0.198. The standard InChI is InChI=1S/C41H23N5O/c1-4-16-31-29(13-1)37(30-15-8-14-28-26-12-3-6-20-35(26)47-39(28)30)44-41(43-31)46-33-18-7-10-24-21-22-27-25-11-2-5-17-32(25)45(38(27)36(24)33)34-19-9-23-42-40(34)46/h1-23H. The highest BCUT2D eigenvalue weighted by Gasteiger charge is 2.22. The number of hydrogen-bond donors (Lipinski definition) is 0. The second kappa shape index (κ2) is 9.02. The number of rotatable bonds is 2. The van der Waals surface area contributed by atoms with Gasteiger partial charge in [-0.1, -0.05) is 91.0 Å². The molecular weight excluding hydrogens is 578 g/mol. The summed E-state index contributed by atoms with van der Waals surface area (Å²) in [5.74, 6) is 0.548. The summed E-state index contributed by atoms with van der Waals surface area (Å²) in [6.07, 6.45) is 1.85. The van der Waals surface area contributed by atoms with Gasteiger partial charge in [-0.3, -0.25) is 4.57 Å². The third-order valence-electron chi connectivity index (χ3n) is 9.57. The molecule has 5 aromatic heterocycles. The van der Waals surface area contributed by atoms with Crippen molar-refractivity contribution in [3.8, 4) is 17.2 Å². The minimum atomic E-state index is 0.548. The lowest BCUT2D eigenvalue weighted by atomic mass is 10.0. The van der Waals surface area contributed by atoms with Crippen LogP contribution in [0.25, 0.3) is 99.3 Å². The van der Waals surface area contributed by atoms with Gasteiger partial charge in [-0.25, -0.2) is 15.0 Å². The lowest BCUT2D eigenvalue weighted by molar-refractivity contribution is 0.670. The zero-order valence-electron chi connectivity index (χ0n) is 24.9. The molecule has 6 heteroatoms. The Kier molecular flexibility index (Phi) is 4.75. The predicted octanol–water partition coefficient (Wildman–Crippen LogP) is 10.2. The molecule has 0 bridgehead atoms. The van der Waals surface area contributed by atoms with Gasteiger partial charge in [0.1, 0.15) is 11.2 Å². The molecule has 0 unspecified atom stereocenters. The van der Waals surface area contributed by atoms with Crippen LogP contribution in [-0.2, 0) is 0 Å². The lowest BCUT2D eigenvalue weighted by Gasteiger charge is -2.13. The minimum Gasteiger partial charge on any atom is -0.455 e. The summed E-state index contributed by atoms with van der Waals surface area (Å²) >= 11 is 0. The first-order valence-electron chi connectivity index (χ1n) is 15.7. The van der Waals surface area contributed by atoms with Crippen molar-refractivity contribution in [1.82, 2.24) is 23.9 Å². The minimum absolute atomic E-state index is 0.548. The summed E-state index contributed by atoms with van der Waals surface area (Å²) in [6, 6.07) is 46.3. The third kappa shape index (κ3) is 3.26. The molecule has 218 valence electrons. The SMILES string of the molecule is c1ccc2c(-c3cccc4c3oc3ccccc34)nc(-n3c4cccc5ccc6c7ccccc7n(c7cccnc73)c6c54)nc2c1. The van der Waals surface area contributed by atoms with Gasteiger partial charge < -0.3 is 8.82 Å². The number of hydrogen-bond acceptors (Lipinski definition) is 4. The van der Waals surface area contributed by atoms with Crippen LogP contribution in [0.3, 0.4) is 0 Å². The van der Waals surface area contributed by atoms with Gasteiger partial charge in [0.15, 0.2) is 5.65 Å². The number of para-hydroxylation sites is 4. The van der Waals surface area contributed by atoms with Crippen molar-refractivity contribution in [3.63, 3.8) is 0 Å². The van der Waals surface area contributed by atoms with Crippen LogP contribution in [0.4, 0.5) is 0 Å². The average Bonchev–Trinajstić information content (AvgIpc) is 3.64. The van der Waals surface area contributed by atoms with Gasteiger partial charge in [-0.05, 0) is 47.9 Å². The van der Waals surface area contributed by atoms with E-state index in [1.807, 2.05) is 42.6 Å². The Hall–Kier alpha value is -6.53. The van der Waals surface area contributed by atoms with Crippen LogP contribution in [0.15, 0.2) is 144 Å². The van der Waals surface area contributed by atoms with Crippen LogP contribution in [-0.4, -0.2) is 23.9 Å². The monoisotopic (exact) mass is 601 g/mol. The van der Waals surface area contributed by atoms with E-state index in [-0.39, 0.29) is 0 Å². The second-order valence-corrected chi connectivity index (χ2v) is 12.0. The van der Waals surface area contributed by atoms with Crippen LogP contribution < -0.4 is 0 Å². The first-order valence-corrected chi connectivity index (χ1v) is 15.7. The summed E-state index contributed by atoms with van der Waals surface area (Å²) in [4.78, 5) is 15.7. The van der Waals surface area contributed by atoms with Crippen molar-refractivity contribution in [1.29, 1.82) is 0 Å². The zero-order chi connectivity index (χ0) is 30.6. The molecule has 0 aliphatic carbocycles. The number of nitrogens with zero attached hydrogens (tertiary/aromatic N) is 5. The summed E-state index contributed by atoms with van der Waals surface area (Å²) in [5, 5.41) is 7.80. The summed E-state index contributed by atoms with van der Waals surface area (Å²) in [7, 11) is 0. The Bertz CT molecular complexity index is 3080. The maximum Gasteiger partial charge on any atom is 0.237 e. The molecule has 0 aliphatic heterocycles. The lowest BCUT2D eigenvalue weighted by Crippen LogP contribution is -2.06. The first-order chi connectivity index (χ1) is 23.3. The fourth-order valence-corrected chi connectivity index (χ4v) is 7.60. The first kappa shape index (κ1) is 24.8. The molecule has 11 aromatic rings. The fraction of sp³-hybridized carbons (Fsp3) is 0. The Balaban J connectivity index is 1.35. The van der Waals surface area contributed by atoms with Crippen LogP contribution in [0.5, 0.6) is 0 Å². The molecule has 11 rings (SSSR count). The number of pyridine rings is 1. The molecule has 6 aromatic carbocycles. The molecule has 0 amide bonds. The van der Waals surface area contributed by atoms with Crippen molar-refractivity contribution in [2.24, 2.45) is 0 Å². The Labute approximate surface area is 266 Å². The smallest absolute Gasteiger partial charge is 0.237 e. The molecule has 0 aliphatic rings. The molecule has 47 heavy (non-hydrogen) atoms. The molecule has 5 heterocycles. The van der Waals surface area contributed by atoms with Crippen molar-refractivity contribution in [2.75, 3.05) is 0 Å². The van der Waals surface area contributed by atoms with Gasteiger partial charge in [0.2, 0.25) is 5.95 Å². The Morgan fingerprint density at radius 3 is 2.26 bits per heavy atom. The fourth-order valence-electron chi connectivity index (χ4n) is 7.60. The van der Waals surface area contributed by atoms with Gasteiger partial charge in [0, 0.05) is 44.1 Å². The molecule has 0 saturated heterocycles.